The van der Waals surface area contributed by atoms with Gasteiger partial charge in [-0.3, -0.25) is 4.84 Å². The van der Waals surface area contributed by atoms with Crippen molar-refractivity contribution in [3.63, 3.8) is 0 Å². The number of anilines is 1. The molecule has 2 rings (SSSR count). The molecule has 0 aliphatic rings. The summed E-state index contributed by atoms with van der Waals surface area (Å²) in [6, 6.07) is 16.9. The van der Waals surface area contributed by atoms with E-state index in [0.717, 1.165) is 11.6 Å². The third-order valence-corrected chi connectivity index (χ3v) is 2.96. The number of nitrogens with zero attached hydrogens (tertiary/aromatic N) is 1. The van der Waals surface area contributed by atoms with Gasteiger partial charge in [-0.2, -0.15) is 0 Å². The van der Waals surface area contributed by atoms with Gasteiger partial charge in [-0.25, -0.2) is 14.7 Å². The number of hydroxylamine groups is 1. The number of aliphatic carboxylic acids is 1. The molecule has 0 unspecified atom stereocenters. The lowest BCUT2D eigenvalue weighted by Gasteiger charge is -2.27. The van der Waals surface area contributed by atoms with Gasteiger partial charge in [0.15, 0.2) is 6.04 Å². The van der Waals surface area contributed by atoms with Crippen LogP contribution in [0, 0.1) is 0 Å². The lowest BCUT2D eigenvalue weighted by molar-refractivity contribution is -0.139. The van der Waals surface area contributed by atoms with Crippen molar-refractivity contribution in [2.45, 2.75) is 12.6 Å². The van der Waals surface area contributed by atoms with Crippen molar-refractivity contribution in [3.8, 4) is 0 Å². The van der Waals surface area contributed by atoms with Crippen LogP contribution < -0.4 is 5.06 Å². The van der Waals surface area contributed by atoms with Crippen LogP contribution in [0.1, 0.15) is 5.56 Å². The molecule has 1 N–H and O–H groups in total. The number of carbonyl (C=O) groups is 1. The Morgan fingerprint density at radius 1 is 1.14 bits per heavy atom. The first-order valence-electron chi connectivity index (χ1n) is 6.67. The molecule has 22 heavy (non-hydrogen) atoms. The highest BCUT2D eigenvalue weighted by molar-refractivity contribution is 5.82. The summed E-state index contributed by atoms with van der Waals surface area (Å²) in [6.45, 7) is 0.187. The number of para-hydroxylation sites is 1. The Bertz CT molecular complexity index is 649. The minimum absolute atomic E-state index is 0.187. The second-order valence-electron chi connectivity index (χ2n) is 4.49. The fraction of sp³-hybridized carbons (Fsp3) is 0.118. The Labute approximate surface area is 128 Å². The topological polar surface area (TPSA) is 66.8 Å². The van der Waals surface area contributed by atoms with Crippen molar-refractivity contribution in [1.29, 1.82) is 0 Å². The number of hydrogen-bond donors (Lipinski definition) is 1. The lowest BCUT2D eigenvalue weighted by atomic mass is 10.2. The zero-order chi connectivity index (χ0) is 15.8. The smallest absolute Gasteiger partial charge is 0.333 e. The maximum atomic E-state index is 11.4. The third-order valence-electron chi connectivity index (χ3n) is 2.96. The number of hydrogen-bond acceptors (Lipinski definition) is 4. The van der Waals surface area contributed by atoms with Gasteiger partial charge in [-0.1, -0.05) is 48.5 Å². The van der Waals surface area contributed by atoms with E-state index in [0.29, 0.717) is 5.69 Å². The lowest BCUT2D eigenvalue weighted by Crippen LogP contribution is -2.40. The standard InChI is InChI=1S/C17H15NO4/c19-12-11-16(17(20)21)18(15-9-5-2-6-10-15)22-13-14-7-3-1-4-8-14/h1-11,16H,13H2,(H,20,21)/t16-/m0/s1. The van der Waals surface area contributed by atoms with Crippen LogP contribution in [0.3, 0.4) is 0 Å². The van der Waals surface area contributed by atoms with E-state index in [2.05, 4.69) is 0 Å². The molecule has 0 saturated heterocycles. The third kappa shape index (κ3) is 4.06. The molecule has 0 aromatic heterocycles. The zero-order valence-corrected chi connectivity index (χ0v) is 11.8. The summed E-state index contributed by atoms with van der Waals surface area (Å²) >= 11 is 0. The molecule has 112 valence electrons. The van der Waals surface area contributed by atoms with Gasteiger partial charge in [-0.05, 0) is 17.7 Å². The van der Waals surface area contributed by atoms with E-state index in [1.807, 2.05) is 36.4 Å². The van der Waals surface area contributed by atoms with Crippen LogP contribution in [-0.2, 0) is 21.0 Å². The zero-order valence-electron chi connectivity index (χ0n) is 11.8. The Kier molecular flexibility index (Phi) is 5.49. The molecule has 0 heterocycles. The molecule has 0 bridgehead atoms. The van der Waals surface area contributed by atoms with Crippen LogP contribution >= 0.6 is 0 Å². The number of rotatable bonds is 7. The van der Waals surface area contributed by atoms with Crippen LogP contribution in [0.4, 0.5) is 5.69 Å². The van der Waals surface area contributed by atoms with Crippen LogP contribution in [-0.4, -0.2) is 23.1 Å². The van der Waals surface area contributed by atoms with Crippen LogP contribution in [0.2, 0.25) is 0 Å². The Balaban J connectivity index is 2.25. The van der Waals surface area contributed by atoms with Crippen molar-refractivity contribution in [1.82, 2.24) is 0 Å². The van der Waals surface area contributed by atoms with E-state index in [4.69, 9.17) is 4.84 Å². The summed E-state index contributed by atoms with van der Waals surface area (Å²) < 4.78 is 0. The SMILES string of the molecule is O=C=C[C@@H](C(=O)O)N(OCc1ccccc1)c1ccccc1. The fourth-order valence-corrected chi connectivity index (χ4v) is 1.91. The van der Waals surface area contributed by atoms with Gasteiger partial charge in [0.25, 0.3) is 0 Å². The highest BCUT2D eigenvalue weighted by Gasteiger charge is 2.25. The molecule has 2 aromatic rings. The van der Waals surface area contributed by atoms with E-state index >= 15 is 0 Å². The second-order valence-corrected chi connectivity index (χ2v) is 4.49. The molecule has 0 aliphatic carbocycles. The first kappa shape index (κ1) is 15.5. The van der Waals surface area contributed by atoms with Crippen LogP contribution in [0.5, 0.6) is 0 Å². The average Bonchev–Trinajstić information content (AvgIpc) is 2.56. The highest BCUT2D eigenvalue weighted by Crippen LogP contribution is 2.19. The van der Waals surface area contributed by atoms with Gasteiger partial charge < -0.3 is 5.11 Å². The van der Waals surface area contributed by atoms with Crippen molar-refractivity contribution in [2.75, 3.05) is 5.06 Å². The van der Waals surface area contributed by atoms with Crippen molar-refractivity contribution < 1.29 is 19.5 Å². The predicted octanol–water partition coefficient (Wildman–Crippen LogP) is 2.47. The second kappa shape index (κ2) is 7.78. The first-order valence-corrected chi connectivity index (χ1v) is 6.67. The molecular weight excluding hydrogens is 282 g/mol. The van der Waals surface area contributed by atoms with Crippen LogP contribution in [0.15, 0.2) is 66.7 Å². The minimum Gasteiger partial charge on any atom is -0.479 e. The summed E-state index contributed by atoms with van der Waals surface area (Å²) in [4.78, 5) is 27.6. The summed E-state index contributed by atoms with van der Waals surface area (Å²) in [6.07, 6.45) is 0.917. The number of carboxylic acid groups (broad SMARTS) is 1. The average molecular weight is 297 g/mol. The monoisotopic (exact) mass is 297 g/mol. The van der Waals surface area contributed by atoms with Gasteiger partial charge in [0.2, 0.25) is 0 Å². The quantitative estimate of drug-likeness (QED) is 0.628. The van der Waals surface area contributed by atoms with Crippen molar-refractivity contribution in [3.05, 3.63) is 72.3 Å². The molecule has 0 radical (unpaired) electrons. The predicted molar refractivity (Wildman–Crippen MR) is 81.8 cm³/mol. The highest BCUT2D eigenvalue weighted by atomic mass is 16.7. The molecule has 1 atom stereocenters. The Hall–Kier alpha value is -2.88. The molecule has 0 aliphatic heterocycles. The maximum absolute atomic E-state index is 11.4. The van der Waals surface area contributed by atoms with Crippen molar-refractivity contribution in [2.24, 2.45) is 0 Å². The fourth-order valence-electron chi connectivity index (χ4n) is 1.91. The number of benzene rings is 2. The molecule has 0 fully saturated rings. The Morgan fingerprint density at radius 2 is 1.73 bits per heavy atom. The van der Waals surface area contributed by atoms with E-state index < -0.39 is 12.0 Å². The largest absolute Gasteiger partial charge is 0.479 e. The minimum atomic E-state index is -1.25. The van der Waals surface area contributed by atoms with Gasteiger partial charge in [-0.15, -0.1) is 0 Å². The van der Waals surface area contributed by atoms with Gasteiger partial charge in [0, 0.05) is 6.08 Å². The number of carboxylic acids is 1. The molecule has 5 nitrogen and oxygen atoms in total. The maximum Gasteiger partial charge on any atom is 0.333 e. The summed E-state index contributed by atoms with van der Waals surface area (Å²) in [5, 5.41) is 10.5. The van der Waals surface area contributed by atoms with E-state index in [1.54, 1.807) is 24.3 Å². The van der Waals surface area contributed by atoms with Gasteiger partial charge in [0.1, 0.15) is 5.94 Å². The summed E-state index contributed by atoms with van der Waals surface area (Å²) in [7, 11) is 0. The normalized spacial score (nSPS) is 11.3. The van der Waals surface area contributed by atoms with Gasteiger partial charge >= 0.3 is 5.97 Å². The van der Waals surface area contributed by atoms with E-state index in [9.17, 15) is 14.7 Å². The molecule has 0 spiro atoms. The molecule has 5 heteroatoms. The Morgan fingerprint density at radius 3 is 2.27 bits per heavy atom. The first-order chi connectivity index (χ1) is 10.7. The molecular formula is C17H15NO4. The number of carbonyl (C=O) groups excluding carboxylic acids is 1. The van der Waals surface area contributed by atoms with E-state index in [-0.39, 0.29) is 6.61 Å². The van der Waals surface area contributed by atoms with E-state index in [1.165, 1.54) is 11.0 Å². The summed E-state index contributed by atoms with van der Waals surface area (Å²) in [5.74, 6) is 0.326. The van der Waals surface area contributed by atoms with Crippen LogP contribution in [0.25, 0.3) is 0 Å². The van der Waals surface area contributed by atoms with Crippen molar-refractivity contribution >= 4 is 17.6 Å². The molecule has 0 saturated carbocycles. The van der Waals surface area contributed by atoms with Gasteiger partial charge in [0.05, 0.1) is 12.3 Å². The molecule has 2 aromatic carbocycles. The molecule has 0 amide bonds. The summed E-state index contributed by atoms with van der Waals surface area (Å²) in [5.41, 5.74) is 1.43.